The Morgan fingerprint density at radius 2 is 2.20 bits per heavy atom. The summed E-state index contributed by atoms with van der Waals surface area (Å²) in [4.78, 5) is 12.8. The third-order valence-corrected chi connectivity index (χ3v) is 2.95. The summed E-state index contributed by atoms with van der Waals surface area (Å²) in [5, 5.41) is 0. The maximum Gasteiger partial charge on any atom is 0.397 e. The molecule has 1 aliphatic rings. The molecule has 0 saturated heterocycles. The maximum absolute atomic E-state index is 12.3. The SMILES string of the molecule is COc1cccc2c1OCCN(C(=O)CC(F)(F)F)C2. The lowest BCUT2D eigenvalue weighted by Crippen LogP contribution is -2.35. The zero-order valence-electron chi connectivity index (χ0n) is 10.9. The average Bonchev–Trinajstić information content (AvgIpc) is 2.58. The van der Waals surface area contributed by atoms with Gasteiger partial charge in [-0.05, 0) is 6.07 Å². The van der Waals surface area contributed by atoms with E-state index in [1.165, 1.54) is 7.11 Å². The number of hydrogen-bond acceptors (Lipinski definition) is 3. The second kappa shape index (κ2) is 5.60. The molecule has 0 unspecified atom stereocenters. The molecule has 110 valence electrons. The molecule has 0 atom stereocenters. The van der Waals surface area contributed by atoms with Gasteiger partial charge in [0, 0.05) is 12.1 Å². The van der Waals surface area contributed by atoms with Gasteiger partial charge in [-0.1, -0.05) is 12.1 Å². The van der Waals surface area contributed by atoms with Crippen LogP contribution in [0.15, 0.2) is 18.2 Å². The number of methoxy groups -OCH3 is 1. The van der Waals surface area contributed by atoms with E-state index in [2.05, 4.69) is 0 Å². The third kappa shape index (κ3) is 3.34. The first-order valence-electron chi connectivity index (χ1n) is 6.04. The van der Waals surface area contributed by atoms with Gasteiger partial charge in [-0.15, -0.1) is 0 Å². The van der Waals surface area contributed by atoms with Crippen LogP contribution >= 0.6 is 0 Å². The predicted octanol–water partition coefficient (Wildman–Crippen LogP) is 2.37. The minimum absolute atomic E-state index is 0.0848. The normalized spacial score (nSPS) is 15.1. The summed E-state index contributed by atoms with van der Waals surface area (Å²) >= 11 is 0. The first-order valence-corrected chi connectivity index (χ1v) is 6.04. The number of amides is 1. The predicted molar refractivity (Wildman–Crippen MR) is 64.6 cm³/mol. The number of carbonyl (C=O) groups excluding carboxylic acids is 1. The third-order valence-electron chi connectivity index (χ3n) is 2.95. The van der Waals surface area contributed by atoms with Crippen LogP contribution in [0.1, 0.15) is 12.0 Å². The van der Waals surface area contributed by atoms with Gasteiger partial charge in [0.25, 0.3) is 0 Å². The van der Waals surface area contributed by atoms with Gasteiger partial charge in [0.05, 0.1) is 13.7 Å². The van der Waals surface area contributed by atoms with E-state index in [1.54, 1.807) is 18.2 Å². The van der Waals surface area contributed by atoms with Crippen LogP contribution in [0.4, 0.5) is 13.2 Å². The molecule has 0 N–H and O–H groups in total. The standard InChI is InChI=1S/C13H14F3NO3/c1-19-10-4-2-3-9-8-17(5-6-20-12(9)10)11(18)7-13(14,15)16/h2-4H,5-8H2,1H3. The van der Waals surface area contributed by atoms with Crippen molar-refractivity contribution in [3.8, 4) is 11.5 Å². The van der Waals surface area contributed by atoms with Crippen LogP contribution in [0.2, 0.25) is 0 Å². The van der Waals surface area contributed by atoms with Crippen molar-refractivity contribution in [2.45, 2.75) is 19.1 Å². The van der Waals surface area contributed by atoms with Crippen LogP contribution in [0.3, 0.4) is 0 Å². The number of para-hydroxylation sites is 1. The van der Waals surface area contributed by atoms with Gasteiger partial charge in [-0.3, -0.25) is 4.79 Å². The van der Waals surface area contributed by atoms with Crippen LogP contribution in [0.25, 0.3) is 0 Å². The number of halogens is 3. The Kier molecular flexibility index (Phi) is 4.06. The lowest BCUT2D eigenvalue weighted by Gasteiger charge is -2.20. The Hall–Kier alpha value is -1.92. The van der Waals surface area contributed by atoms with Crippen molar-refractivity contribution in [2.24, 2.45) is 0 Å². The largest absolute Gasteiger partial charge is 0.493 e. The Bertz CT molecular complexity index is 502. The smallest absolute Gasteiger partial charge is 0.397 e. The van der Waals surface area contributed by atoms with Crippen molar-refractivity contribution in [2.75, 3.05) is 20.3 Å². The molecule has 0 aromatic heterocycles. The summed E-state index contributed by atoms with van der Waals surface area (Å²) in [5.41, 5.74) is 0.636. The number of ether oxygens (including phenoxy) is 2. The maximum atomic E-state index is 12.3. The lowest BCUT2D eigenvalue weighted by molar-refractivity contribution is -0.161. The second-order valence-electron chi connectivity index (χ2n) is 4.40. The molecule has 1 aliphatic heterocycles. The lowest BCUT2D eigenvalue weighted by atomic mass is 10.1. The Morgan fingerprint density at radius 1 is 1.45 bits per heavy atom. The van der Waals surface area contributed by atoms with E-state index < -0.39 is 18.5 Å². The van der Waals surface area contributed by atoms with E-state index in [1.807, 2.05) is 0 Å². The molecule has 1 aromatic carbocycles. The minimum Gasteiger partial charge on any atom is -0.493 e. The molecule has 4 nitrogen and oxygen atoms in total. The number of carbonyl (C=O) groups is 1. The Morgan fingerprint density at radius 3 is 2.85 bits per heavy atom. The molecule has 20 heavy (non-hydrogen) atoms. The highest BCUT2D eigenvalue weighted by Crippen LogP contribution is 2.33. The molecule has 0 bridgehead atoms. The topological polar surface area (TPSA) is 38.8 Å². The molecule has 0 spiro atoms. The van der Waals surface area contributed by atoms with Crippen molar-refractivity contribution in [3.63, 3.8) is 0 Å². The van der Waals surface area contributed by atoms with Crippen LogP contribution in [0.5, 0.6) is 11.5 Å². The fraction of sp³-hybridized carbons (Fsp3) is 0.462. The molecule has 0 fully saturated rings. The number of benzene rings is 1. The van der Waals surface area contributed by atoms with E-state index in [4.69, 9.17) is 9.47 Å². The summed E-state index contributed by atoms with van der Waals surface area (Å²) in [6.07, 6.45) is -5.95. The highest BCUT2D eigenvalue weighted by atomic mass is 19.4. The van der Waals surface area contributed by atoms with Gasteiger partial charge in [-0.25, -0.2) is 0 Å². The monoisotopic (exact) mass is 289 g/mol. The van der Waals surface area contributed by atoms with Gasteiger partial charge in [0.15, 0.2) is 11.5 Å². The van der Waals surface area contributed by atoms with Gasteiger partial charge in [-0.2, -0.15) is 13.2 Å². The summed E-state index contributed by atoms with van der Waals surface area (Å²) in [7, 11) is 1.48. The molecule has 1 heterocycles. The Labute approximate surface area is 114 Å². The number of fused-ring (bicyclic) bond motifs is 1. The fourth-order valence-electron chi connectivity index (χ4n) is 2.05. The Balaban J connectivity index is 2.18. The van der Waals surface area contributed by atoms with E-state index >= 15 is 0 Å². The molecule has 2 rings (SSSR count). The number of hydrogen-bond donors (Lipinski definition) is 0. The van der Waals surface area contributed by atoms with Crippen molar-refractivity contribution in [1.29, 1.82) is 0 Å². The fourth-order valence-corrected chi connectivity index (χ4v) is 2.05. The van der Waals surface area contributed by atoms with E-state index in [9.17, 15) is 18.0 Å². The number of alkyl halides is 3. The molecular formula is C13H14F3NO3. The molecule has 7 heteroatoms. The molecule has 1 amide bonds. The molecule has 0 aliphatic carbocycles. The van der Waals surface area contributed by atoms with Gasteiger partial charge >= 0.3 is 6.18 Å². The highest BCUT2D eigenvalue weighted by molar-refractivity contribution is 5.77. The summed E-state index contributed by atoms with van der Waals surface area (Å²) < 4.78 is 47.5. The van der Waals surface area contributed by atoms with Crippen molar-refractivity contribution < 1.29 is 27.4 Å². The van der Waals surface area contributed by atoms with Crippen LogP contribution in [-0.2, 0) is 11.3 Å². The molecule has 1 aromatic rings. The van der Waals surface area contributed by atoms with E-state index in [0.717, 1.165) is 4.90 Å². The van der Waals surface area contributed by atoms with Crippen molar-refractivity contribution in [1.82, 2.24) is 4.90 Å². The highest BCUT2D eigenvalue weighted by Gasteiger charge is 2.34. The van der Waals surface area contributed by atoms with Gasteiger partial charge in [0.2, 0.25) is 5.91 Å². The zero-order valence-corrected chi connectivity index (χ0v) is 10.9. The quantitative estimate of drug-likeness (QED) is 0.839. The first kappa shape index (κ1) is 14.5. The number of nitrogens with zero attached hydrogens (tertiary/aromatic N) is 1. The molecule has 0 radical (unpaired) electrons. The summed E-state index contributed by atoms with van der Waals surface area (Å²) in [6.45, 7) is 0.338. The van der Waals surface area contributed by atoms with Gasteiger partial charge in [0.1, 0.15) is 13.0 Å². The summed E-state index contributed by atoms with van der Waals surface area (Å²) in [5.74, 6) is 0.0432. The molecule has 0 saturated carbocycles. The number of rotatable bonds is 2. The molecular weight excluding hydrogens is 275 g/mol. The van der Waals surface area contributed by atoms with Crippen LogP contribution in [-0.4, -0.2) is 37.2 Å². The minimum atomic E-state index is -4.50. The summed E-state index contributed by atoms with van der Waals surface area (Å²) in [6, 6.07) is 5.11. The zero-order chi connectivity index (χ0) is 14.8. The average molecular weight is 289 g/mol. The second-order valence-corrected chi connectivity index (χ2v) is 4.40. The first-order chi connectivity index (χ1) is 9.40. The van der Waals surface area contributed by atoms with Crippen LogP contribution < -0.4 is 9.47 Å². The van der Waals surface area contributed by atoms with Crippen molar-refractivity contribution >= 4 is 5.91 Å². The van der Waals surface area contributed by atoms with Gasteiger partial charge < -0.3 is 14.4 Å². The van der Waals surface area contributed by atoms with E-state index in [-0.39, 0.29) is 19.7 Å². The van der Waals surface area contributed by atoms with E-state index in [0.29, 0.717) is 17.1 Å². The van der Waals surface area contributed by atoms with Crippen LogP contribution in [0, 0.1) is 0 Å². The van der Waals surface area contributed by atoms with Crippen molar-refractivity contribution in [3.05, 3.63) is 23.8 Å².